The highest BCUT2D eigenvalue weighted by Crippen LogP contribution is 2.16. The maximum absolute atomic E-state index is 12.9. The highest BCUT2D eigenvalue weighted by atomic mass is 16.6. The van der Waals surface area contributed by atoms with Crippen molar-refractivity contribution in [1.29, 1.82) is 0 Å². The van der Waals surface area contributed by atoms with Gasteiger partial charge in [0.15, 0.2) is 0 Å². The number of carbonyl (C=O) groups is 4. The summed E-state index contributed by atoms with van der Waals surface area (Å²) in [5.41, 5.74) is 0.198. The number of rotatable bonds is 12. The van der Waals surface area contributed by atoms with Crippen molar-refractivity contribution < 1.29 is 33.8 Å². The van der Waals surface area contributed by atoms with Crippen LogP contribution in [0.15, 0.2) is 30.3 Å². The Morgan fingerprint density at radius 3 is 2.44 bits per heavy atom. The number of aliphatic hydroxyl groups is 1. The van der Waals surface area contributed by atoms with Crippen molar-refractivity contribution in [2.75, 3.05) is 19.7 Å². The number of nitrogens with one attached hydrogen (secondary N) is 4. The van der Waals surface area contributed by atoms with Crippen LogP contribution in [0, 0.1) is 5.92 Å². The Bertz CT molecular complexity index is 888. The predicted octanol–water partition coefficient (Wildman–Crippen LogP) is 0.605. The summed E-state index contributed by atoms with van der Waals surface area (Å²) in [4.78, 5) is 49.5. The van der Waals surface area contributed by atoms with Gasteiger partial charge in [-0.05, 0) is 46.1 Å². The van der Waals surface area contributed by atoms with E-state index in [0.29, 0.717) is 19.4 Å². The Hall–Kier alpha value is -3.18. The van der Waals surface area contributed by atoms with Gasteiger partial charge in [-0.2, -0.15) is 0 Å². The van der Waals surface area contributed by atoms with Crippen molar-refractivity contribution >= 4 is 23.8 Å². The zero-order valence-corrected chi connectivity index (χ0v) is 21.3. The molecule has 36 heavy (non-hydrogen) atoms. The third kappa shape index (κ3) is 10.2. The van der Waals surface area contributed by atoms with E-state index in [9.17, 15) is 24.3 Å². The minimum absolute atomic E-state index is 0.0273. The molecule has 4 unspecified atom stereocenters. The average Bonchev–Trinajstić information content (AvgIpc) is 3.22. The number of aliphatic hydroxyl groups excluding tert-OH is 1. The van der Waals surface area contributed by atoms with Crippen LogP contribution in [-0.4, -0.2) is 72.4 Å². The molecule has 11 nitrogen and oxygen atoms in total. The lowest BCUT2D eigenvalue weighted by Gasteiger charge is -2.30. The van der Waals surface area contributed by atoms with Crippen molar-refractivity contribution in [1.82, 2.24) is 21.3 Å². The van der Waals surface area contributed by atoms with Crippen LogP contribution in [0.4, 0.5) is 4.79 Å². The molecule has 2 rings (SSSR count). The summed E-state index contributed by atoms with van der Waals surface area (Å²) in [6, 6.07) is 7.35. The van der Waals surface area contributed by atoms with Gasteiger partial charge >= 0.3 is 6.09 Å². The highest BCUT2D eigenvalue weighted by Gasteiger charge is 2.32. The number of hydrogen-bond donors (Lipinski definition) is 5. The second kappa shape index (κ2) is 13.8. The van der Waals surface area contributed by atoms with E-state index in [-0.39, 0.29) is 31.6 Å². The van der Waals surface area contributed by atoms with E-state index in [4.69, 9.17) is 9.47 Å². The molecule has 1 heterocycles. The van der Waals surface area contributed by atoms with Crippen LogP contribution in [0.3, 0.4) is 0 Å². The van der Waals surface area contributed by atoms with Crippen LogP contribution in [-0.2, 0) is 30.5 Å². The molecule has 0 radical (unpaired) electrons. The molecular weight excluding hydrogens is 468 g/mol. The van der Waals surface area contributed by atoms with Gasteiger partial charge in [-0.15, -0.1) is 0 Å². The molecular formula is C25H38N4O7. The van der Waals surface area contributed by atoms with E-state index in [2.05, 4.69) is 21.3 Å². The van der Waals surface area contributed by atoms with Gasteiger partial charge in [0.1, 0.15) is 12.6 Å². The fourth-order valence-corrected chi connectivity index (χ4v) is 3.86. The lowest BCUT2D eigenvalue weighted by atomic mass is 9.99. The van der Waals surface area contributed by atoms with Gasteiger partial charge in [0.05, 0.1) is 30.9 Å². The molecule has 4 amide bonds. The maximum Gasteiger partial charge on any atom is 0.408 e. The van der Waals surface area contributed by atoms with Gasteiger partial charge in [0.2, 0.25) is 17.7 Å². The molecule has 0 saturated carbocycles. The van der Waals surface area contributed by atoms with Crippen molar-refractivity contribution in [3.05, 3.63) is 35.9 Å². The van der Waals surface area contributed by atoms with Gasteiger partial charge in [0, 0.05) is 12.5 Å². The monoisotopic (exact) mass is 506 g/mol. The first kappa shape index (κ1) is 29.1. The predicted molar refractivity (Wildman–Crippen MR) is 132 cm³/mol. The molecule has 4 atom stereocenters. The van der Waals surface area contributed by atoms with Crippen molar-refractivity contribution in [2.45, 2.75) is 70.9 Å². The Labute approximate surface area is 211 Å². The molecule has 1 aromatic rings. The van der Waals surface area contributed by atoms with Crippen LogP contribution in [0.2, 0.25) is 0 Å². The largest absolute Gasteiger partial charge is 0.445 e. The number of ether oxygens (including phenoxy) is 2. The summed E-state index contributed by atoms with van der Waals surface area (Å²) in [6.45, 7) is 6.98. The summed E-state index contributed by atoms with van der Waals surface area (Å²) in [5.74, 6) is -1.54. The highest BCUT2D eigenvalue weighted by molar-refractivity contribution is 5.90. The second-order valence-electron chi connectivity index (χ2n) is 9.80. The minimum atomic E-state index is -1.13. The van der Waals surface area contributed by atoms with Gasteiger partial charge in [-0.3, -0.25) is 14.4 Å². The first-order valence-electron chi connectivity index (χ1n) is 12.1. The van der Waals surface area contributed by atoms with Crippen LogP contribution < -0.4 is 21.3 Å². The number of carbonyl (C=O) groups excluding carboxylic acids is 4. The van der Waals surface area contributed by atoms with Crippen molar-refractivity contribution in [3.8, 4) is 0 Å². The zero-order chi connectivity index (χ0) is 26.7. The Kier molecular flexibility index (Phi) is 11.1. The van der Waals surface area contributed by atoms with Crippen LogP contribution in [0.5, 0.6) is 0 Å². The number of alkyl carbamates (subject to hydrolysis) is 1. The molecule has 0 aromatic heterocycles. The van der Waals surface area contributed by atoms with Gasteiger partial charge in [0.25, 0.3) is 0 Å². The SMILES string of the molecule is CC(OC(C)(C)C)C(NC(=O)OCc1ccccc1)C(=O)NCC(=O)NC(CO)CC1CCNC1=O. The van der Waals surface area contributed by atoms with Gasteiger partial charge < -0.3 is 35.8 Å². The summed E-state index contributed by atoms with van der Waals surface area (Å²) in [7, 11) is 0. The molecule has 200 valence electrons. The van der Waals surface area contributed by atoms with E-state index in [1.54, 1.807) is 19.1 Å². The van der Waals surface area contributed by atoms with E-state index < -0.39 is 41.7 Å². The molecule has 1 saturated heterocycles. The van der Waals surface area contributed by atoms with E-state index in [1.807, 2.05) is 39.0 Å². The quantitative estimate of drug-likeness (QED) is 0.278. The van der Waals surface area contributed by atoms with E-state index >= 15 is 0 Å². The molecule has 1 aromatic carbocycles. The molecule has 1 fully saturated rings. The van der Waals surface area contributed by atoms with E-state index in [1.165, 1.54) is 0 Å². The summed E-state index contributed by atoms with van der Waals surface area (Å²) in [5, 5.41) is 20.0. The van der Waals surface area contributed by atoms with Crippen molar-refractivity contribution in [3.63, 3.8) is 0 Å². The number of amides is 4. The van der Waals surface area contributed by atoms with Crippen LogP contribution in [0.1, 0.15) is 46.1 Å². The third-order valence-corrected chi connectivity index (χ3v) is 5.52. The molecule has 0 spiro atoms. The van der Waals surface area contributed by atoms with Crippen LogP contribution in [0.25, 0.3) is 0 Å². The Morgan fingerprint density at radius 2 is 1.86 bits per heavy atom. The fourth-order valence-electron chi connectivity index (χ4n) is 3.86. The standard InChI is InChI=1S/C25H38N4O7/c1-16(36-25(2,3)4)21(29-24(34)35-15-17-8-6-5-7-9-17)23(33)27-13-20(31)28-19(14-30)12-18-10-11-26-22(18)32/h5-9,16,18-19,21,30H,10-15H2,1-4H3,(H,26,32)(H,27,33)(H,28,31)(H,29,34). The second-order valence-corrected chi connectivity index (χ2v) is 9.80. The van der Waals surface area contributed by atoms with Crippen molar-refractivity contribution in [2.24, 2.45) is 5.92 Å². The average molecular weight is 507 g/mol. The molecule has 0 aliphatic carbocycles. The molecule has 11 heteroatoms. The Morgan fingerprint density at radius 1 is 1.17 bits per heavy atom. The normalized spacial score (nSPS) is 17.9. The molecule has 5 N–H and O–H groups in total. The first-order valence-corrected chi connectivity index (χ1v) is 12.1. The lowest BCUT2D eigenvalue weighted by Crippen LogP contribution is -2.56. The fraction of sp³-hybridized carbons (Fsp3) is 0.600. The summed E-state index contributed by atoms with van der Waals surface area (Å²) < 4.78 is 11.1. The maximum atomic E-state index is 12.9. The van der Waals surface area contributed by atoms with Gasteiger partial charge in [-0.1, -0.05) is 30.3 Å². The minimum Gasteiger partial charge on any atom is -0.445 e. The molecule has 1 aliphatic rings. The summed E-state index contributed by atoms with van der Waals surface area (Å²) >= 11 is 0. The zero-order valence-electron chi connectivity index (χ0n) is 21.3. The molecule has 0 bridgehead atoms. The first-order chi connectivity index (χ1) is 17.0. The van der Waals surface area contributed by atoms with E-state index in [0.717, 1.165) is 5.56 Å². The number of benzene rings is 1. The topological polar surface area (TPSA) is 155 Å². The smallest absolute Gasteiger partial charge is 0.408 e. The third-order valence-electron chi connectivity index (χ3n) is 5.52. The lowest BCUT2D eigenvalue weighted by molar-refractivity contribution is -0.133. The number of hydrogen-bond acceptors (Lipinski definition) is 7. The van der Waals surface area contributed by atoms with Gasteiger partial charge in [-0.25, -0.2) is 4.79 Å². The Balaban J connectivity index is 1.92. The summed E-state index contributed by atoms with van der Waals surface area (Å²) in [6.07, 6.45) is -0.594. The van der Waals surface area contributed by atoms with Crippen LogP contribution >= 0.6 is 0 Å². The molecule has 1 aliphatic heterocycles.